The van der Waals surface area contributed by atoms with Gasteiger partial charge in [-0.25, -0.2) is 4.79 Å². The third-order valence-corrected chi connectivity index (χ3v) is 3.29. The van der Waals surface area contributed by atoms with E-state index >= 15 is 0 Å². The van der Waals surface area contributed by atoms with Crippen LogP contribution in [0, 0.1) is 6.92 Å². The molecule has 2 rings (SSSR count). The zero-order chi connectivity index (χ0) is 15.4. The average Bonchev–Trinajstić information content (AvgIpc) is 2.80. The molecule has 6 nitrogen and oxygen atoms in total. The molecule has 2 N–H and O–H groups in total. The Morgan fingerprint density at radius 1 is 1.38 bits per heavy atom. The summed E-state index contributed by atoms with van der Waals surface area (Å²) in [7, 11) is 1.18. The minimum atomic E-state index is -1.35. The molecule has 0 saturated heterocycles. The van der Waals surface area contributed by atoms with E-state index in [1.54, 1.807) is 0 Å². The van der Waals surface area contributed by atoms with Crippen LogP contribution in [0.5, 0.6) is 0 Å². The van der Waals surface area contributed by atoms with Crippen molar-refractivity contribution in [1.29, 1.82) is 0 Å². The normalized spacial score (nSPS) is 12.1. The number of methoxy groups -OCH3 is 1. The smallest absolute Gasteiger partial charge is 0.336 e. The number of aryl methyl sites for hydroxylation is 1. The summed E-state index contributed by atoms with van der Waals surface area (Å²) in [6, 6.07) is 9.79. The third kappa shape index (κ3) is 3.41. The number of nitrogens with one attached hydrogen (secondary N) is 1. The summed E-state index contributed by atoms with van der Waals surface area (Å²) in [6.07, 6.45) is -1.35. The van der Waals surface area contributed by atoms with Gasteiger partial charge < -0.3 is 19.7 Å². The molecule has 0 aliphatic rings. The fourth-order valence-corrected chi connectivity index (χ4v) is 2.19. The van der Waals surface area contributed by atoms with Crippen molar-refractivity contribution in [3.8, 4) is 0 Å². The number of hydrogen-bond acceptors (Lipinski definition) is 4. The zero-order valence-corrected chi connectivity index (χ0v) is 12.0. The van der Waals surface area contributed by atoms with Crippen molar-refractivity contribution < 1.29 is 19.4 Å². The highest BCUT2D eigenvalue weighted by Crippen LogP contribution is 2.18. The van der Waals surface area contributed by atoms with Crippen LogP contribution in [0.4, 0.5) is 0 Å². The number of carbonyl (C=O) groups is 2. The molecule has 1 aromatic carbocycles. The lowest BCUT2D eigenvalue weighted by molar-refractivity contribution is -0.150. The van der Waals surface area contributed by atoms with Gasteiger partial charge in [-0.1, -0.05) is 18.2 Å². The van der Waals surface area contributed by atoms with Gasteiger partial charge in [0.05, 0.1) is 13.7 Å². The molecule has 0 aliphatic carbocycles. The largest absolute Gasteiger partial charge is 0.467 e. The molecule has 0 spiro atoms. The van der Waals surface area contributed by atoms with Gasteiger partial charge in [0.2, 0.25) is 5.91 Å². The molecule has 0 fully saturated rings. The van der Waals surface area contributed by atoms with Crippen molar-refractivity contribution in [2.45, 2.75) is 19.6 Å². The molecule has 0 bridgehead atoms. The minimum Gasteiger partial charge on any atom is -0.467 e. The van der Waals surface area contributed by atoms with E-state index in [0.29, 0.717) is 0 Å². The Balaban J connectivity index is 2.02. The van der Waals surface area contributed by atoms with Gasteiger partial charge in [-0.15, -0.1) is 0 Å². The van der Waals surface area contributed by atoms with E-state index in [9.17, 15) is 14.7 Å². The Morgan fingerprint density at radius 3 is 2.81 bits per heavy atom. The Morgan fingerprint density at radius 2 is 2.10 bits per heavy atom. The molecule has 0 saturated carbocycles. The predicted octanol–water partition coefficient (Wildman–Crippen LogP) is 0.600. The van der Waals surface area contributed by atoms with Crippen LogP contribution in [-0.4, -0.2) is 41.3 Å². The molecule has 1 heterocycles. The van der Waals surface area contributed by atoms with E-state index in [1.165, 1.54) is 7.11 Å². The quantitative estimate of drug-likeness (QED) is 0.790. The first-order valence-corrected chi connectivity index (χ1v) is 6.60. The maximum Gasteiger partial charge on any atom is 0.336 e. The highest BCUT2D eigenvalue weighted by atomic mass is 16.5. The van der Waals surface area contributed by atoms with Crippen LogP contribution in [0.3, 0.4) is 0 Å². The number of nitrogens with zero attached hydrogens (tertiary/aromatic N) is 1. The van der Waals surface area contributed by atoms with Crippen LogP contribution in [0.1, 0.15) is 5.69 Å². The minimum absolute atomic E-state index is 0.132. The van der Waals surface area contributed by atoms with Gasteiger partial charge in [0.25, 0.3) is 0 Å². The predicted molar refractivity (Wildman–Crippen MR) is 77.7 cm³/mol. The lowest BCUT2D eigenvalue weighted by Gasteiger charge is -2.11. The molecule has 1 unspecified atom stereocenters. The molecule has 1 aromatic heterocycles. The number of aliphatic hydroxyl groups is 1. The number of esters is 1. The van der Waals surface area contributed by atoms with Crippen molar-refractivity contribution in [3.05, 3.63) is 36.0 Å². The second kappa shape index (κ2) is 6.41. The Kier molecular flexibility index (Phi) is 4.59. The number of amides is 1. The summed E-state index contributed by atoms with van der Waals surface area (Å²) in [6.45, 7) is 1.90. The van der Waals surface area contributed by atoms with Gasteiger partial charge in [-0.05, 0) is 24.4 Å². The van der Waals surface area contributed by atoms with Gasteiger partial charge >= 0.3 is 5.97 Å². The van der Waals surface area contributed by atoms with Gasteiger partial charge in [-0.2, -0.15) is 0 Å². The molecule has 1 atom stereocenters. The highest BCUT2D eigenvalue weighted by Gasteiger charge is 2.16. The number of fused-ring (bicyclic) bond motifs is 1. The number of aliphatic hydroxyl groups excluding tert-OH is 1. The topological polar surface area (TPSA) is 80.6 Å². The number of carbonyl (C=O) groups excluding carboxylic acids is 2. The van der Waals surface area contributed by atoms with E-state index in [1.807, 2.05) is 41.8 Å². The van der Waals surface area contributed by atoms with Gasteiger partial charge in [0.1, 0.15) is 6.54 Å². The highest BCUT2D eigenvalue weighted by molar-refractivity contribution is 5.84. The summed E-state index contributed by atoms with van der Waals surface area (Å²) in [5.41, 5.74) is 1.94. The molecule has 2 aromatic rings. The third-order valence-electron chi connectivity index (χ3n) is 3.29. The van der Waals surface area contributed by atoms with Gasteiger partial charge in [0, 0.05) is 11.2 Å². The van der Waals surface area contributed by atoms with Crippen molar-refractivity contribution >= 4 is 22.8 Å². The van der Waals surface area contributed by atoms with Crippen molar-refractivity contribution in [3.63, 3.8) is 0 Å². The van der Waals surface area contributed by atoms with Crippen LogP contribution < -0.4 is 5.32 Å². The first-order valence-electron chi connectivity index (χ1n) is 6.60. The fourth-order valence-electron chi connectivity index (χ4n) is 2.19. The maximum absolute atomic E-state index is 11.9. The fraction of sp³-hybridized carbons (Fsp3) is 0.333. The second-order valence-corrected chi connectivity index (χ2v) is 4.77. The molecular weight excluding hydrogens is 272 g/mol. The van der Waals surface area contributed by atoms with E-state index in [-0.39, 0.29) is 19.0 Å². The number of aromatic nitrogens is 1. The summed E-state index contributed by atoms with van der Waals surface area (Å²) in [5, 5.41) is 13.0. The summed E-state index contributed by atoms with van der Waals surface area (Å²) in [4.78, 5) is 23.0. The number of para-hydroxylation sites is 1. The van der Waals surface area contributed by atoms with E-state index in [4.69, 9.17) is 0 Å². The van der Waals surface area contributed by atoms with Gasteiger partial charge in [0.15, 0.2) is 6.10 Å². The van der Waals surface area contributed by atoms with Crippen molar-refractivity contribution in [2.24, 2.45) is 0 Å². The molecular formula is C15H18N2O4. The Bertz CT molecular complexity index is 663. The maximum atomic E-state index is 11.9. The van der Waals surface area contributed by atoms with E-state index in [0.717, 1.165) is 16.6 Å². The lowest BCUT2D eigenvalue weighted by Crippen LogP contribution is -2.38. The molecule has 112 valence electrons. The number of hydrogen-bond donors (Lipinski definition) is 2. The molecule has 0 aliphatic heterocycles. The molecule has 6 heteroatoms. The van der Waals surface area contributed by atoms with Crippen molar-refractivity contribution in [1.82, 2.24) is 9.88 Å². The average molecular weight is 290 g/mol. The number of ether oxygens (including phenoxy) is 1. The van der Waals surface area contributed by atoms with E-state index in [2.05, 4.69) is 10.1 Å². The monoisotopic (exact) mass is 290 g/mol. The lowest BCUT2D eigenvalue weighted by atomic mass is 10.2. The van der Waals surface area contributed by atoms with Gasteiger partial charge in [-0.3, -0.25) is 4.79 Å². The summed E-state index contributed by atoms with van der Waals surface area (Å²) < 4.78 is 6.27. The Hall–Kier alpha value is -2.34. The zero-order valence-electron chi connectivity index (χ0n) is 12.0. The number of rotatable bonds is 5. The van der Waals surface area contributed by atoms with Crippen LogP contribution in [-0.2, 0) is 20.9 Å². The Labute approximate surface area is 122 Å². The first-order chi connectivity index (χ1) is 10.0. The van der Waals surface area contributed by atoms with Crippen LogP contribution in [0.15, 0.2) is 30.3 Å². The number of benzene rings is 1. The molecule has 21 heavy (non-hydrogen) atoms. The van der Waals surface area contributed by atoms with Crippen LogP contribution >= 0.6 is 0 Å². The van der Waals surface area contributed by atoms with E-state index < -0.39 is 12.1 Å². The van der Waals surface area contributed by atoms with Crippen molar-refractivity contribution in [2.75, 3.05) is 13.7 Å². The summed E-state index contributed by atoms with van der Waals surface area (Å²) >= 11 is 0. The first kappa shape index (κ1) is 15.1. The molecule has 0 radical (unpaired) electrons. The summed E-state index contributed by atoms with van der Waals surface area (Å²) in [5.74, 6) is -1.04. The standard InChI is InChI=1S/C15H18N2O4/c1-10-7-11-5-3-4-6-12(11)17(10)9-14(19)16-8-13(18)15(20)21-2/h3-7,13,18H,8-9H2,1-2H3,(H,16,19). The SMILES string of the molecule is COC(=O)C(O)CNC(=O)Cn1c(C)cc2ccccc21. The van der Waals surface area contributed by atoms with Crippen LogP contribution in [0.2, 0.25) is 0 Å². The van der Waals surface area contributed by atoms with Crippen LogP contribution in [0.25, 0.3) is 10.9 Å². The molecule has 1 amide bonds. The second-order valence-electron chi connectivity index (χ2n) is 4.77.